The third kappa shape index (κ3) is 10.2. The molecule has 0 aromatic heterocycles. The van der Waals surface area contributed by atoms with E-state index in [1.54, 1.807) is 0 Å². The summed E-state index contributed by atoms with van der Waals surface area (Å²) in [4.78, 5) is 13.5. The zero-order chi connectivity index (χ0) is 59.1. The Labute approximate surface area is 379 Å². The van der Waals surface area contributed by atoms with Crippen LogP contribution in [0.2, 0.25) is 13.3 Å². The first kappa shape index (κ1) is 67.7. The first-order valence-corrected chi connectivity index (χ1v) is 25.0. The van der Waals surface area contributed by atoms with Crippen molar-refractivity contribution in [3.63, 3.8) is 0 Å². The van der Waals surface area contributed by atoms with Crippen LogP contribution in [0.15, 0.2) is 29.3 Å². The molecular weight excluding hydrogens is 1260 g/mol. The number of halogens is 39. The molecule has 73 heavy (non-hydrogen) atoms. The molecule has 0 heterocycles. The van der Waals surface area contributed by atoms with Crippen LogP contribution in [0.5, 0.6) is 0 Å². The van der Waals surface area contributed by atoms with Gasteiger partial charge in [-0.25, -0.2) is 0 Å². The number of hydrogen-bond donors (Lipinski definition) is 0. The molecule has 0 saturated carbocycles. The van der Waals surface area contributed by atoms with Crippen LogP contribution >= 0.6 is 0 Å². The predicted molar refractivity (Wildman–Crippen MR) is 160 cm³/mol. The molecule has 1 rings (SSSR count). The van der Waals surface area contributed by atoms with E-state index in [1.165, 1.54) is 0 Å². The summed E-state index contributed by atoms with van der Waals surface area (Å²) in [6.07, 6.45) is -36.7. The maximum absolute atomic E-state index is 15.2. The fraction of sp³-hybridized carbons (Fsp3) is 0.774. The van der Waals surface area contributed by atoms with Crippen LogP contribution < -0.4 is 3.58 Å². The summed E-state index contributed by atoms with van der Waals surface area (Å²) in [5.74, 6) is -128. The maximum atomic E-state index is 15.2. The van der Waals surface area contributed by atoms with Gasteiger partial charge in [-0.3, -0.25) is 0 Å². The van der Waals surface area contributed by atoms with Crippen LogP contribution in [0.4, 0.5) is 177 Å². The van der Waals surface area contributed by atoms with E-state index in [0.29, 0.717) is 0 Å². The number of benzene rings is 1. The standard InChI is InChI=1S/3C8H4F13.C7H4NO.Sn/c3*1-2-3(9,10)4(11,12)5(13,14)6(15,16)7(17,18)8(19,20)21;9-6-8-7-4-2-1-3-5-7;/h3*1-2H2;1-4H;. The second kappa shape index (κ2) is 19.0. The Balaban J connectivity index is 4.59. The van der Waals surface area contributed by atoms with Crippen molar-refractivity contribution >= 4 is 33.7 Å². The summed E-state index contributed by atoms with van der Waals surface area (Å²) in [5, 5.41) is 0. The predicted octanol–water partition coefficient (Wildman–Crippen LogP) is 15.7. The second-order valence-electron chi connectivity index (χ2n) is 15.0. The van der Waals surface area contributed by atoms with Crippen molar-refractivity contribution < 1.29 is 176 Å². The molecule has 0 aliphatic carbocycles. The molecule has 1 aromatic carbocycles. The Bertz CT molecular complexity index is 1950. The van der Waals surface area contributed by atoms with Gasteiger partial charge in [0.15, 0.2) is 0 Å². The minimum atomic E-state index is -8.94. The molecule has 0 atom stereocenters. The van der Waals surface area contributed by atoms with E-state index in [0.717, 1.165) is 0 Å². The van der Waals surface area contributed by atoms with Crippen molar-refractivity contribution in [1.29, 1.82) is 0 Å². The minimum absolute atomic E-state index is 0.0346. The molecular formula is C31H16F39NOSn. The molecule has 0 fully saturated rings. The number of alkyl halides is 39. The van der Waals surface area contributed by atoms with Gasteiger partial charge < -0.3 is 0 Å². The van der Waals surface area contributed by atoms with Gasteiger partial charge in [-0.2, -0.15) is 0 Å². The first-order valence-electron chi connectivity index (χ1n) is 17.5. The van der Waals surface area contributed by atoms with Crippen LogP contribution in [-0.2, 0) is 4.79 Å². The van der Waals surface area contributed by atoms with Crippen molar-refractivity contribution in [3.05, 3.63) is 24.3 Å². The Kier molecular flexibility index (Phi) is 17.6. The van der Waals surface area contributed by atoms with Crippen LogP contribution in [0.1, 0.15) is 19.3 Å². The number of nitrogens with zero attached hydrogens (tertiary/aromatic N) is 1. The van der Waals surface area contributed by atoms with Crippen molar-refractivity contribution in [2.24, 2.45) is 4.99 Å². The van der Waals surface area contributed by atoms with E-state index in [9.17, 15) is 150 Å². The third-order valence-corrected chi connectivity index (χ3v) is 25.2. The Morgan fingerprint density at radius 2 is 0.521 bits per heavy atom. The molecule has 0 saturated heterocycles. The van der Waals surface area contributed by atoms with Gasteiger partial charge in [0.1, 0.15) is 0 Å². The van der Waals surface area contributed by atoms with Gasteiger partial charge in [0.2, 0.25) is 0 Å². The summed E-state index contributed by atoms with van der Waals surface area (Å²) in [6.45, 7) is 0. The van der Waals surface area contributed by atoms with Crippen molar-refractivity contribution in [1.82, 2.24) is 0 Å². The van der Waals surface area contributed by atoms with Crippen LogP contribution in [0.25, 0.3) is 0 Å². The molecule has 0 aliphatic rings. The molecule has 2 nitrogen and oxygen atoms in total. The van der Waals surface area contributed by atoms with Crippen molar-refractivity contribution in [2.75, 3.05) is 0 Å². The molecule has 0 amide bonds. The number of hydrogen-bond acceptors (Lipinski definition) is 2. The monoisotopic (exact) mass is 1280 g/mol. The summed E-state index contributed by atoms with van der Waals surface area (Å²) in [5.41, 5.74) is -1.89. The van der Waals surface area contributed by atoms with Gasteiger partial charge in [-0.1, -0.05) is 0 Å². The van der Waals surface area contributed by atoms with Crippen molar-refractivity contribution in [2.45, 2.75) is 140 Å². The molecule has 0 aliphatic heterocycles. The zero-order valence-electron chi connectivity index (χ0n) is 33.1. The number of rotatable bonds is 23. The van der Waals surface area contributed by atoms with E-state index in [1.807, 2.05) is 0 Å². The molecule has 428 valence electrons. The molecule has 0 bridgehead atoms. The average molecular weight is 1280 g/mol. The van der Waals surface area contributed by atoms with Gasteiger partial charge in [-0.15, -0.1) is 0 Å². The van der Waals surface area contributed by atoms with Crippen LogP contribution in [0.3, 0.4) is 0 Å². The van der Waals surface area contributed by atoms with Gasteiger partial charge >= 0.3 is 379 Å². The molecule has 0 radical (unpaired) electrons. The van der Waals surface area contributed by atoms with Crippen LogP contribution in [0, 0.1) is 0 Å². The second-order valence-corrected chi connectivity index (χ2v) is 28.1. The molecule has 1 aromatic rings. The van der Waals surface area contributed by atoms with Gasteiger partial charge in [0, 0.05) is 0 Å². The molecule has 0 spiro atoms. The molecule has 0 N–H and O–H groups in total. The quantitative estimate of drug-likeness (QED) is 0.0465. The summed E-state index contributed by atoms with van der Waals surface area (Å²) >= 11 is -8.52. The van der Waals surface area contributed by atoms with E-state index >= 15 is 26.3 Å². The van der Waals surface area contributed by atoms with Crippen molar-refractivity contribution in [3.8, 4) is 0 Å². The summed E-state index contributed by atoms with van der Waals surface area (Å²) < 4.78 is 530. The fourth-order valence-electron chi connectivity index (χ4n) is 5.91. The van der Waals surface area contributed by atoms with Gasteiger partial charge in [-0.05, 0) is 0 Å². The topological polar surface area (TPSA) is 29.4 Å². The Hall–Kier alpha value is -3.33. The van der Waals surface area contributed by atoms with E-state index in [4.69, 9.17) is 0 Å². The number of carbonyl (C=O) groups excluding carboxylic acids is 1. The molecule has 0 unspecified atom stereocenters. The first-order chi connectivity index (χ1) is 31.4. The Morgan fingerprint density at radius 3 is 0.726 bits per heavy atom. The number of isocyanates is 1. The normalized spacial score (nSPS) is 16.2. The van der Waals surface area contributed by atoms with Gasteiger partial charge in [0.05, 0.1) is 0 Å². The van der Waals surface area contributed by atoms with Crippen LogP contribution in [-0.4, -0.2) is 132 Å². The SMILES string of the molecule is O=C=Nc1cccc[c]1[Sn]([CH2]CC(F)(F)C(F)(F)C(F)(F)C(F)(F)C(F)(F)C(F)(F)F)([CH2]CC(F)(F)C(F)(F)C(F)(F)C(F)(F)C(F)(F)C(F)(F)F)[CH2]CC(F)(F)C(F)(F)C(F)(F)C(F)(F)C(F)(F)C(F)(F)F. The fourth-order valence-corrected chi connectivity index (χ4v) is 20.4. The zero-order valence-corrected chi connectivity index (χ0v) is 36.0. The number of aliphatic imine (C=N–C) groups is 1. The average Bonchev–Trinajstić information content (AvgIpc) is 3.18. The molecule has 42 heteroatoms. The van der Waals surface area contributed by atoms with E-state index in [-0.39, 0.29) is 30.3 Å². The Morgan fingerprint density at radius 1 is 0.315 bits per heavy atom. The van der Waals surface area contributed by atoms with E-state index < -0.39 is 168 Å². The summed E-state index contributed by atoms with van der Waals surface area (Å²) in [6, 6.07) is -0.122. The third-order valence-electron chi connectivity index (χ3n) is 10.4. The number of para-hydroxylation sites is 1. The van der Waals surface area contributed by atoms with E-state index in [2.05, 4.69) is 4.99 Å². The summed E-state index contributed by atoms with van der Waals surface area (Å²) in [7, 11) is 0. The van der Waals surface area contributed by atoms with Gasteiger partial charge in [0.25, 0.3) is 0 Å².